The Morgan fingerprint density at radius 2 is 1.61 bits per heavy atom. The first-order valence-corrected chi connectivity index (χ1v) is 4.89. The number of hydrogen-bond donors (Lipinski definition) is 0. The van der Waals surface area contributed by atoms with E-state index in [1.54, 1.807) is 0 Å². The van der Waals surface area contributed by atoms with Crippen molar-refractivity contribution in [3.05, 3.63) is 24.3 Å². The van der Waals surface area contributed by atoms with Gasteiger partial charge in [-0.15, -0.1) is 0 Å². The highest BCUT2D eigenvalue weighted by Gasteiger charge is 2.61. The molecule has 2 nitrogen and oxygen atoms in total. The molecule has 8 heteroatoms. The van der Waals surface area contributed by atoms with Gasteiger partial charge in [-0.1, -0.05) is 11.6 Å². The largest absolute Gasteiger partial charge is 0.497 e. The molecule has 1 aromatic rings. The molecule has 0 fully saturated rings. The van der Waals surface area contributed by atoms with Crippen LogP contribution in [0, 0.1) is 0 Å². The van der Waals surface area contributed by atoms with Crippen LogP contribution in [-0.2, 0) is 0 Å². The number of alkyl halides is 5. The molecule has 0 unspecified atom stereocenters. The monoisotopic (exact) mass is 287 g/mol. The molecule has 0 spiro atoms. The number of hydrogen-bond acceptors (Lipinski definition) is 2. The fourth-order valence-electron chi connectivity index (χ4n) is 0.957. The van der Waals surface area contributed by atoms with Crippen molar-refractivity contribution < 1.29 is 26.7 Å². The van der Waals surface area contributed by atoms with Crippen LogP contribution in [0.2, 0.25) is 0 Å². The van der Waals surface area contributed by atoms with E-state index in [9.17, 15) is 22.0 Å². The number of benzene rings is 1. The van der Waals surface area contributed by atoms with Crippen LogP contribution in [0.15, 0.2) is 29.3 Å². The summed E-state index contributed by atoms with van der Waals surface area (Å²) in [6.07, 6.45) is -5.78. The van der Waals surface area contributed by atoms with Gasteiger partial charge in [0.15, 0.2) is 5.17 Å². The average molecular weight is 288 g/mol. The van der Waals surface area contributed by atoms with Crippen molar-refractivity contribution in [1.82, 2.24) is 0 Å². The summed E-state index contributed by atoms with van der Waals surface area (Å²) in [5.41, 5.74) is -0.135. The smallest absolute Gasteiger partial charge is 0.460 e. The number of nitrogens with zero attached hydrogens (tertiary/aromatic N) is 1. The molecule has 0 aromatic heterocycles. The molecule has 0 aliphatic carbocycles. The Labute approximate surface area is 104 Å². The van der Waals surface area contributed by atoms with Crippen molar-refractivity contribution in [3.63, 3.8) is 0 Å². The second-order valence-electron chi connectivity index (χ2n) is 3.17. The molecule has 0 bridgehead atoms. The molecule has 0 radical (unpaired) electrons. The quantitative estimate of drug-likeness (QED) is 0.604. The van der Waals surface area contributed by atoms with E-state index >= 15 is 0 Å². The fourth-order valence-corrected chi connectivity index (χ4v) is 1.16. The fraction of sp³-hybridized carbons (Fsp3) is 0.300. The second-order valence-corrected chi connectivity index (χ2v) is 3.53. The molecule has 0 aliphatic rings. The predicted octanol–water partition coefficient (Wildman–Crippen LogP) is 4.16. The third-order valence-corrected chi connectivity index (χ3v) is 2.24. The summed E-state index contributed by atoms with van der Waals surface area (Å²) in [6, 6.07) is 5.12. The van der Waals surface area contributed by atoms with Gasteiger partial charge in [-0.05, 0) is 24.3 Å². The maximum absolute atomic E-state index is 12.7. The summed E-state index contributed by atoms with van der Waals surface area (Å²) >= 11 is 4.91. The molecule has 0 N–H and O–H groups in total. The summed E-state index contributed by atoms with van der Waals surface area (Å²) in [7, 11) is 1.38. The molecule has 0 atom stereocenters. The minimum absolute atomic E-state index is 0.135. The van der Waals surface area contributed by atoms with E-state index < -0.39 is 17.3 Å². The topological polar surface area (TPSA) is 21.6 Å². The summed E-state index contributed by atoms with van der Waals surface area (Å²) in [4.78, 5) is 3.03. The van der Waals surface area contributed by atoms with E-state index in [0.29, 0.717) is 5.75 Å². The second kappa shape index (κ2) is 5.09. The summed E-state index contributed by atoms with van der Waals surface area (Å²) in [5, 5.41) is -1.83. The third kappa shape index (κ3) is 3.10. The van der Waals surface area contributed by atoms with Gasteiger partial charge in [0, 0.05) is 0 Å². The Hall–Kier alpha value is -1.37. The van der Waals surface area contributed by atoms with E-state index in [1.165, 1.54) is 31.4 Å². The third-order valence-electron chi connectivity index (χ3n) is 1.91. The van der Waals surface area contributed by atoms with Crippen molar-refractivity contribution in [2.45, 2.75) is 12.1 Å². The summed E-state index contributed by atoms with van der Waals surface area (Å²) in [6.45, 7) is 0. The van der Waals surface area contributed by atoms with Crippen molar-refractivity contribution in [1.29, 1.82) is 0 Å². The van der Waals surface area contributed by atoms with Gasteiger partial charge in [0.2, 0.25) is 0 Å². The standard InChI is InChI=1S/C10H7ClF5NO/c1-18-7-4-2-6(3-5-7)17-8(11)9(12,13)10(14,15)16/h2-5H,1H3. The van der Waals surface area contributed by atoms with Crippen LogP contribution in [0.5, 0.6) is 5.75 Å². The molecular formula is C10H7ClF5NO. The summed E-state index contributed by atoms with van der Waals surface area (Å²) < 4.78 is 66.2. The zero-order chi connectivity index (χ0) is 14.0. The van der Waals surface area contributed by atoms with Crippen molar-refractivity contribution >= 4 is 22.5 Å². The summed E-state index contributed by atoms with van der Waals surface area (Å²) in [5.74, 6) is -4.76. The average Bonchev–Trinajstić information content (AvgIpc) is 2.28. The van der Waals surface area contributed by atoms with Crippen LogP contribution < -0.4 is 4.74 Å². The lowest BCUT2D eigenvalue weighted by atomic mass is 10.3. The Kier molecular flexibility index (Phi) is 4.16. The minimum atomic E-state index is -5.78. The molecule has 1 rings (SSSR count). The molecular weight excluding hydrogens is 281 g/mol. The normalized spacial score (nSPS) is 13.6. The number of halogens is 6. The van der Waals surface area contributed by atoms with Gasteiger partial charge in [-0.25, -0.2) is 4.99 Å². The maximum atomic E-state index is 12.7. The first-order chi connectivity index (χ1) is 8.18. The van der Waals surface area contributed by atoms with Crippen molar-refractivity contribution in [3.8, 4) is 5.75 Å². The van der Waals surface area contributed by atoms with Gasteiger partial charge < -0.3 is 4.74 Å². The SMILES string of the molecule is COc1ccc(N=C(Cl)C(F)(F)C(F)(F)F)cc1. The van der Waals surface area contributed by atoms with Crippen molar-refractivity contribution in [2.24, 2.45) is 4.99 Å². The minimum Gasteiger partial charge on any atom is -0.497 e. The zero-order valence-electron chi connectivity index (χ0n) is 8.93. The van der Waals surface area contributed by atoms with E-state index in [2.05, 4.69) is 4.99 Å². The number of rotatable bonds is 3. The predicted molar refractivity (Wildman–Crippen MR) is 56.9 cm³/mol. The first-order valence-electron chi connectivity index (χ1n) is 4.51. The van der Waals surface area contributed by atoms with Crippen LogP contribution >= 0.6 is 11.6 Å². The molecule has 0 aliphatic heterocycles. The first kappa shape index (κ1) is 14.7. The van der Waals surface area contributed by atoms with Gasteiger partial charge in [-0.3, -0.25) is 0 Å². The Morgan fingerprint density at radius 3 is 2.00 bits per heavy atom. The van der Waals surface area contributed by atoms with E-state index in [-0.39, 0.29) is 5.69 Å². The number of methoxy groups -OCH3 is 1. The van der Waals surface area contributed by atoms with Crippen LogP contribution in [0.1, 0.15) is 0 Å². The van der Waals surface area contributed by atoms with Gasteiger partial charge in [0.1, 0.15) is 5.75 Å². The molecule has 100 valence electrons. The highest BCUT2D eigenvalue weighted by molar-refractivity contribution is 6.67. The van der Waals surface area contributed by atoms with Crippen LogP contribution in [-0.4, -0.2) is 24.4 Å². The lowest BCUT2D eigenvalue weighted by Gasteiger charge is -2.17. The molecule has 0 amide bonds. The van der Waals surface area contributed by atoms with Crippen LogP contribution in [0.4, 0.5) is 27.6 Å². The molecule has 0 saturated carbocycles. The van der Waals surface area contributed by atoms with Gasteiger partial charge in [0.05, 0.1) is 12.8 Å². The Morgan fingerprint density at radius 1 is 1.11 bits per heavy atom. The number of ether oxygens (including phenoxy) is 1. The van der Waals surface area contributed by atoms with E-state index in [4.69, 9.17) is 16.3 Å². The molecule has 0 heterocycles. The molecule has 18 heavy (non-hydrogen) atoms. The number of aliphatic imine (C=N–C) groups is 1. The zero-order valence-corrected chi connectivity index (χ0v) is 9.69. The molecule has 1 aromatic carbocycles. The lowest BCUT2D eigenvalue weighted by Crippen LogP contribution is -2.41. The Balaban J connectivity index is 3.01. The van der Waals surface area contributed by atoms with Crippen molar-refractivity contribution in [2.75, 3.05) is 7.11 Å². The van der Waals surface area contributed by atoms with E-state index in [1.807, 2.05) is 0 Å². The highest BCUT2D eigenvalue weighted by Crippen LogP contribution is 2.38. The highest BCUT2D eigenvalue weighted by atomic mass is 35.5. The Bertz CT molecular complexity index is 441. The van der Waals surface area contributed by atoms with Gasteiger partial charge in [0.25, 0.3) is 0 Å². The molecule has 0 saturated heterocycles. The van der Waals surface area contributed by atoms with E-state index in [0.717, 1.165) is 0 Å². The maximum Gasteiger partial charge on any atom is 0.460 e. The van der Waals surface area contributed by atoms with Gasteiger partial charge >= 0.3 is 12.1 Å². The lowest BCUT2D eigenvalue weighted by molar-refractivity contribution is -0.248. The van der Waals surface area contributed by atoms with Gasteiger partial charge in [-0.2, -0.15) is 22.0 Å². The van der Waals surface area contributed by atoms with Crippen LogP contribution in [0.3, 0.4) is 0 Å². The van der Waals surface area contributed by atoms with Crippen LogP contribution in [0.25, 0.3) is 0 Å².